The van der Waals surface area contributed by atoms with E-state index in [1.54, 1.807) is 7.11 Å². The Morgan fingerprint density at radius 1 is 1.33 bits per heavy atom. The van der Waals surface area contributed by atoms with Crippen LogP contribution in [0.25, 0.3) is 10.3 Å². The van der Waals surface area contributed by atoms with Crippen molar-refractivity contribution in [2.45, 2.75) is 0 Å². The van der Waals surface area contributed by atoms with Gasteiger partial charge >= 0.3 is 0 Å². The van der Waals surface area contributed by atoms with E-state index in [9.17, 15) is 0 Å². The number of ether oxygens (including phenoxy) is 1. The first-order valence-corrected chi connectivity index (χ1v) is 6.77. The molecule has 0 amide bonds. The Bertz CT molecular complexity index is 903. The molecule has 0 fully saturated rings. The minimum Gasteiger partial charge on any atom is -0.497 e. The molecule has 0 aliphatic rings. The number of rotatable bonds is 2. The number of H-pyrrole nitrogens is 1. The molecule has 0 atom stereocenters. The van der Waals surface area contributed by atoms with Gasteiger partial charge < -0.3 is 15.5 Å². The molecule has 0 unspecified atom stereocenters. The lowest BCUT2D eigenvalue weighted by atomic mass is 10.3. The highest BCUT2D eigenvalue weighted by molar-refractivity contribution is 7.15. The fourth-order valence-electron chi connectivity index (χ4n) is 1.78. The summed E-state index contributed by atoms with van der Waals surface area (Å²) >= 11 is 1.28. The third-order valence-corrected chi connectivity index (χ3v) is 3.66. The maximum atomic E-state index is 9.01. The van der Waals surface area contributed by atoms with Crippen molar-refractivity contribution in [2.75, 3.05) is 12.8 Å². The van der Waals surface area contributed by atoms with E-state index in [1.807, 2.05) is 30.3 Å². The molecule has 0 aliphatic carbocycles. The Hall–Kier alpha value is -2.92. The number of hydrogen-bond acceptors (Lipinski definition) is 7. The van der Waals surface area contributed by atoms with Gasteiger partial charge in [-0.05, 0) is 24.3 Å². The summed E-state index contributed by atoms with van der Waals surface area (Å²) in [7, 11) is 1.61. The minimum atomic E-state index is 0.291. The molecular formula is C13H10N6OS. The van der Waals surface area contributed by atoms with Crippen LogP contribution in [-0.2, 0) is 0 Å². The highest BCUT2D eigenvalue weighted by Crippen LogP contribution is 2.22. The Morgan fingerprint density at radius 2 is 2.10 bits per heavy atom. The Labute approximate surface area is 123 Å². The third-order valence-electron chi connectivity index (χ3n) is 2.81. The maximum Gasteiger partial charge on any atom is 0.232 e. The molecule has 2 aromatic heterocycles. The fraction of sp³-hybridized carbons (Fsp3) is 0.0769. The Balaban J connectivity index is 2.08. The van der Waals surface area contributed by atoms with E-state index in [0.717, 1.165) is 11.4 Å². The zero-order valence-corrected chi connectivity index (χ0v) is 11.8. The number of methoxy groups -OCH3 is 1. The number of nitriles is 1. The minimum absolute atomic E-state index is 0.291. The highest BCUT2D eigenvalue weighted by Gasteiger charge is 2.11. The second-order valence-corrected chi connectivity index (χ2v) is 5.08. The summed E-state index contributed by atoms with van der Waals surface area (Å²) in [5.74, 6) is 1.05. The van der Waals surface area contributed by atoms with Crippen LogP contribution >= 0.6 is 11.3 Å². The Morgan fingerprint density at radius 3 is 2.76 bits per heavy atom. The van der Waals surface area contributed by atoms with Gasteiger partial charge in [0.2, 0.25) is 4.80 Å². The van der Waals surface area contributed by atoms with E-state index in [4.69, 9.17) is 15.7 Å². The zero-order valence-electron chi connectivity index (χ0n) is 11.0. The van der Waals surface area contributed by atoms with Gasteiger partial charge in [-0.25, -0.2) is 4.99 Å². The van der Waals surface area contributed by atoms with Crippen molar-refractivity contribution in [3.63, 3.8) is 0 Å². The van der Waals surface area contributed by atoms with Crippen LogP contribution in [0.2, 0.25) is 0 Å². The molecule has 2 heterocycles. The Kier molecular flexibility index (Phi) is 3.25. The number of nitrogens with two attached hydrogens (primary N) is 1. The first kappa shape index (κ1) is 13.1. The normalized spacial score (nSPS) is 11.5. The van der Waals surface area contributed by atoms with E-state index in [1.165, 1.54) is 11.3 Å². The lowest BCUT2D eigenvalue weighted by molar-refractivity contribution is 0.415. The predicted octanol–water partition coefficient (Wildman–Crippen LogP) is 1.71. The van der Waals surface area contributed by atoms with Gasteiger partial charge in [0.1, 0.15) is 33.5 Å². The van der Waals surface area contributed by atoms with Crippen molar-refractivity contribution >= 4 is 33.2 Å². The van der Waals surface area contributed by atoms with Crippen molar-refractivity contribution < 1.29 is 4.74 Å². The van der Waals surface area contributed by atoms with E-state index >= 15 is 0 Å². The summed E-state index contributed by atoms with van der Waals surface area (Å²) in [4.78, 5) is 8.43. The number of aromatic amines is 1. The molecule has 0 aliphatic heterocycles. The summed E-state index contributed by atoms with van der Waals surface area (Å²) in [5, 5.41) is 17.0. The number of hydrogen-bond donors (Lipinski definition) is 2. The number of nitrogen functional groups attached to an aromatic ring is 1. The van der Waals surface area contributed by atoms with Gasteiger partial charge in [-0.1, -0.05) is 11.3 Å². The zero-order chi connectivity index (χ0) is 14.8. The van der Waals surface area contributed by atoms with Crippen LogP contribution in [0.4, 0.5) is 11.5 Å². The van der Waals surface area contributed by atoms with Crippen molar-refractivity contribution in [3.05, 3.63) is 34.6 Å². The van der Waals surface area contributed by atoms with Crippen LogP contribution in [0.3, 0.4) is 0 Å². The average Bonchev–Trinajstić information content (AvgIpc) is 2.82. The summed E-state index contributed by atoms with van der Waals surface area (Å²) in [6.07, 6.45) is 0. The molecule has 0 radical (unpaired) electrons. The van der Waals surface area contributed by atoms with Gasteiger partial charge in [-0.3, -0.25) is 0 Å². The van der Waals surface area contributed by atoms with Crippen LogP contribution < -0.4 is 15.3 Å². The molecule has 1 aromatic carbocycles. The van der Waals surface area contributed by atoms with Crippen LogP contribution in [0.5, 0.6) is 5.75 Å². The van der Waals surface area contributed by atoms with E-state index in [-0.39, 0.29) is 0 Å². The van der Waals surface area contributed by atoms with Crippen LogP contribution in [0.1, 0.15) is 5.56 Å². The van der Waals surface area contributed by atoms with Gasteiger partial charge in [0, 0.05) is 0 Å². The summed E-state index contributed by atoms with van der Waals surface area (Å²) in [6.45, 7) is 0. The number of fused-ring (bicyclic) bond motifs is 1. The third kappa shape index (κ3) is 2.42. The quantitative estimate of drug-likeness (QED) is 0.747. The second-order valence-electron chi connectivity index (χ2n) is 4.10. The summed E-state index contributed by atoms with van der Waals surface area (Å²) in [6, 6.07) is 9.28. The molecule has 7 nitrogen and oxygen atoms in total. The molecule has 0 saturated heterocycles. The molecule has 0 bridgehead atoms. The van der Waals surface area contributed by atoms with Gasteiger partial charge in [0.05, 0.1) is 12.8 Å². The van der Waals surface area contributed by atoms with Crippen molar-refractivity contribution in [3.8, 4) is 11.8 Å². The molecule has 21 heavy (non-hydrogen) atoms. The van der Waals surface area contributed by atoms with E-state index in [0.29, 0.717) is 26.5 Å². The van der Waals surface area contributed by atoms with Gasteiger partial charge in [0.15, 0.2) is 0 Å². The first-order valence-electron chi connectivity index (χ1n) is 5.95. The van der Waals surface area contributed by atoms with Crippen LogP contribution in [0.15, 0.2) is 29.3 Å². The number of benzene rings is 1. The van der Waals surface area contributed by atoms with Crippen molar-refractivity contribution in [2.24, 2.45) is 4.99 Å². The monoisotopic (exact) mass is 298 g/mol. The maximum absolute atomic E-state index is 9.01. The van der Waals surface area contributed by atoms with E-state index < -0.39 is 0 Å². The lowest BCUT2D eigenvalue weighted by Crippen LogP contribution is -2.04. The molecule has 3 rings (SSSR count). The first-order chi connectivity index (χ1) is 10.2. The van der Waals surface area contributed by atoms with Crippen molar-refractivity contribution in [1.29, 1.82) is 5.26 Å². The number of anilines is 1. The molecule has 0 spiro atoms. The molecule has 3 aromatic rings. The number of nitrogens with one attached hydrogen (secondary N) is 1. The number of nitrogens with zero attached hydrogens (tertiary/aromatic N) is 4. The lowest BCUT2D eigenvalue weighted by Gasteiger charge is -1.98. The predicted molar refractivity (Wildman–Crippen MR) is 79.1 cm³/mol. The SMILES string of the molecule is COc1ccc(N=c2nnc3c(C#N)c(N)[nH]c3s2)cc1. The molecule has 0 saturated carbocycles. The van der Waals surface area contributed by atoms with Crippen LogP contribution in [0, 0.1) is 11.3 Å². The molecule has 3 N–H and O–H groups in total. The largest absolute Gasteiger partial charge is 0.497 e. The van der Waals surface area contributed by atoms with Gasteiger partial charge in [-0.15, -0.1) is 10.2 Å². The summed E-state index contributed by atoms with van der Waals surface area (Å²) in [5.41, 5.74) is 7.23. The molecular weight excluding hydrogens is 288 g/mol. The second kappa shape index (κ2) is 5.22. The topological polar surface area (TPSA) is 113 Å². The van der Waals surface area contributed by atoms with Crippen LogP contribution in [-0.4, -0.2) is 22.3 Å². The average molecular weight is 298 g/mol. The summed E-state index contributed by atoms with van der Waals surface area (Å²) < 4.78 is 5.09. The van der Waals surface area contributed by atoms with Crippen molar-refractivity contribution in [1.82, 2.24) is 15.2 Å². The standard InChI is InChI=1S/C13H10N6OS/c1-20-8-4-2-7(3-5-8)16-13-19-18-10-9(6-14)11(15)17-12(10)21-13/h2-5,17H,15H2,1H3. The molecule has 8 heteroatoms. The molecule has 104 valence electrons. The smallest absolute Gasteiger partial charge is 0.232 e. The van der Waals surface area contributed by atoms with E-state index in [2.05, 4.69) is 20.2 Å². The fourth-order valence-corrected chi connectivity index (χ4v) is 2.60. The van der Waals surface area contributed by atoms with Gasteiger partial charge in [-0.2, -0.15) is 5.26 Å². The highest BCUT2D eigenvalue weighted by atomic mass is 32.1. The number of aromatic nitrogens is 3. The van der Waals surface area contributed by atoms with Gasteiger partial charge in [0.25, 0.3) is 0 Å².